The number of pyridine rings is 1. The molecule has 15 heavy (non-hydrogen) atoms. The number of nitrogens with zero attached hydrogens (tertiary/aromatic N) is 1. The quantitative estimate of drug-likeness (QED) is 0.706. The lowest BCUT2D eigenvalue weighted by Gasteiger charge is -2.01. The largest absolute Gasteiger partial charge is 0.227 e. The van der Waals surface area contributed by atoms with Crippen molar-refractivity contribution in [3.63, 3.8) is 0 Å². The normalized spacial score (nSPS) is 10.3. The highest BCUT2D eigenvalue weighted by Gasteiger charge is 2.04. The van der Waals surface area contributed by atoms with Gasteiger partial charge < -0.3 is 0 Å². The number of hydrogen-bond donors (Lipinski definition) is 0. The molecule has 0 spiro atoms. The van der Waals surface area contributed by atoms with Gasteiger partial charge in [-0.2, -0.15) is 4.39 Å². The minimum atomic E-state index is -0.490. The van der Waals surface area contributed by atoms with Crippen LogP contribution < -0.4 is 0 Å². The smallest absolute Gasteiger partial charge is 0.219 e. The molecule has 0 atom stereocenters. The molecular weight excluding hydrogens is 325 g/mol. The van der Waals surface area contributed by atoms with Crippen molar-refractivity contribution in [1.29, 1.82) is 0 Å². The van der Waals surface area contributed by atoms with Crippen molar-refractivity contribution in [1.82, 2.24) is 4.98 Å². The zero-order valence-corrected chi connectivity index (χ0v) is 10.7. The average molecular weight is 331 g/mol. The Morgan fingerprint density at radius 3 is 2.20 bits per heavy atom. The standard InChI is InChI=1S/C11H6Br2FN/c12-8-3-1-7(2-4-8)10-6-5-9(13)11(14)15-10/h1-6H. The summed E-state index contributed by atoms with van der Waals surface area (Å²) in [5.41, 5.74) is 1.52. The van der Waals surface area contributed by atoms with Crippen LogP contribution in [0.15, 0.2) is 45.3 Å². The fourth-order valence-corrected chi connectivity index (χ4v) is 1.68. The Kier molecular flexibility index (Phi) is 3.17. The Hall–Kier alpha value is -0.740. The van der Waals surface area contributed by atoms with Gasteiger partial charge >= 0.3 is 0 Å². The number of aromatic nitrogens is 1. The van der Waals surface area contributed by atoms with Gasteiger partial charge in [0.15, 0.2) is 0 Å². The van der Waals surface area contributed by atoms with E-state index in [1.165, 1.54) is 0 Å². The first-order valence-electron chi connectivity index (χ1n) is 4.25. The Morgan fingerprint density at radius 2 is 1.60 bits per heavy atom. The fourth-order valence-electron chi connectivity index (χ4n) is 1.20. The molecule has 4 heteroatoms. The molecule has 0 unspecified atom stereocenters. The SMILES string of the molecule is Fc1nc(-c2ccc(Br)cc2)ccc1Br. The molecule has 0 fully saturated rings. The molecular formula is C11H6Br2FN. The van der Waals surface area contributed by atoms with Gasteiger partial charge in [0, 0.05) is 10.0 Å². The van der Waals surface area contributed by atoms with Gasteiger partial charge in [-0.1, -0.05) is 28.1 Å². The van der Waals surface area contributed by atoms with Crippen molar-refractivity contribution in [3.05, 3.63) is 51.3 Å². The summed E-state index contributed by atoms with van der Waals surface area (Å²) in [7, 11) is 0. The molecule has 0 bridgehead atoms. The zero-order valence-electron chi connectivity index (χ0n) is 7.55. The van der Waals surface area contributed by atoms with Crippen LogP contribution in [-0.4, -0.2) is 4.98 Å². The van der Waals surface area contributed by atoms with Crippen LogP contribution in [0.5, 0.6) is 0 Å². The van der Waals surface area contributed by atoms with Crippen molar-refractivity contribution in [2.75, 3.05) is 0 Å². The number of rotatable bonds is 1. The van der Waals surface area contributed by atoms with Crippen molar-refractivity contribution in [3.8, 4) is 11.3 Å². The summed E-state index contributed by atoms with van der Waals surface area (Å²) in [4.78, 5) is 3.84. The number of benzene rings is 1. The van der Waals surface area contributed by atoms with Gasteiger partial charge in [0.2, 0.25) is 5.95 Å². The molecule has 0 radical (unpaired) electrons. The van der Waals surface area contributed by atoms with Crippen molar-refractivity contribution < 1.29 is 4.39 Å². The Balaban J connectivity index is 2.45. The third kappa shape index (κ3) is 2.44. The van der Waals surface area contributed by atoms with Crippen molar-refractivity contribution >= 4 is 31.9 Å². The van der Waals surface area contributed by atoms with E-state index in [-0.39, 0.29) is 0 Å². The molecule has 0 aliphatic carbocycles. The highest BCUT2D eigenvalue weighted by Crippen LogP contribution is 2.22. The molecule has 1 heterocycles. The van der Waals surface area contributed by atoms with Gasteiger partial charge in [-0.25, -0.2) is 4.98 Å². The van der Waals surface area contributed by atoms with E-state index in [9.17, 15) is 4.39 Å². The van der Waals surface area contributed by atoms with Crippen LogP contribution in [0.4, 0.5) is 4.39 Å². The fraction of sp³-hybridized carbons (Fsp3) is 0. The monoisotopic (exact) mass is 329 g/mol. The first-order chi connectivity index (χ1) is 7.16. The van der Waals surface area contributed by atoms with Crippen LogP contribution >= 0.6 is 31.9 Å². The Bertz CT molecular complexity index is 482. The summed E-state index contributed by atoms with van der Waals surface area (Å²) < 4.78 is 14.5. The lowest BCUT2D eigenvalue weighted by Crippen LogP contribution is -1.88. The van der Waals surface area contributed by atoms with Crippen molar-refractivity contribution in [2.45, 2.75) is 0 Å². The van der Waals surface area contributed by atoms with Gasteiger partial charge in [0.1, 0.15) is 0 Å². The van der Waals surface area contributed by atoms with E-state index in [0.29, 0.717) is 10.2 Å². The number of hydrogen-bond acceptors (Lipinski definition) is 1. The predicted octanol–water partition coefficient (Wildman–Crippen LogP) is 4.41. The molecule has 1 aromatic carbocycles. The van der Waals surface area contributed by atoms with E-state index in [1.54, 1.807) is 12.1 Å². The molecule has 0 N–H and O–H groups in total. The maximum absolute atomic E-state index is 13.2. The summed E-state index contributed by atoms with van der Waals surface area (Å²) in [6.07, 6.45) is 0. The molecule has 0 saturated carbocycles. The third-order valence-electron chi connectivity index (χ3n) is 1.94. The van der Waals surface area contributed by atoms with Gasteiger partial charge in [-0.3, -0.25) is 0 Å². The zero-order chi connectivity index (χ0) is 10.8. The summed E-state index contributed by atoms with van der Waals surface area (Å²) in [6.45, 7) is 0. The molecule has 0 saturated heterocycles. The van der Waals surface area contributed by atoms with E-state index in [2.05, 4.69) is 36.8 Å². The molecule has 0 aliphatic heterocycles. The second kappa shape index (κ2) is 4.41. The van der Waals surface area contributed by atoms with Crippen molar-refractivity contribution in [2.24, 2.45) is 0 Å². The van der Waals surface area contributed by atoms with E-state index < -0.39 is 5.95 Å². The minimum Gasteiger partial charge on any atom is -0.219 e. The van der Waals surface area contributed by atoms with E-state index in [0.717, 1.165) is 10.0 Å². The third-order valence-corrected chi connectivity index (χ3v) is 3.06. The van der Waals surface area contributed by atoms with Crippen LogP contribution in [0, 0.1) is 5.95 Å². The molecule has 2 rings (SSSR count). The first kappa shape index (κ1) is 10.8. The molecule has 76 valence electrons. The van der Waals surface area contributed by atoms with Gasteiger partial charge in [0.25, 0.3) is 0 Å². The topological polar surface area (TPSA) is 12.9 Å². The van der Waals surface area contributed by atoms with E-state index in [1.807, 2.05) is 24.3 Å². The summed E-state index contributed by atoms with van der Waals surface area (Å²) in [5.74, 6) is -0.490. The van der Waals surface area contributed by atoms with Crippen LogP contribution in [0.1, 0.15) is 0 Å². The van der Waals surface area contributed by atoms with Crippen LogP contribution in [0.25, 0.3) is 11.3 Å². The van der Waals surface area contributed by atoms with E-state index >= 15 is 0 Å². The average Bonchev–Trinajstić information content (AvgIpc) is 2.23. The number of halogens is 3. The minimum absolute atomic E-state index is 0.378. The second-order valence-corrected chi connectivity index (χ2v) is 4.75. The maximum atomic E-state index is 13.2. The Labute approximate surface area is 104 Å². The van der Waals surface area contributed by atoms with Crippen LogP contribution in [0.3, 0.4) is 0 Å². The lowest BCUT2D eigenvalue weighted by molar-refractivity contribution is 0.578. The van der Waals surface area contributed by atoms with Crippen LogP contribution in [0.2, 0.25) is 0 Å². The second-order valence-electron chi connectivity index (χ2n) is 2.98. The highest BCUT2D eigenvalue weighted by molar-refractivity contribution is 9.10. The Morgan fingerprint density at radius 1 is 0.933 bits per heavy atom. The van der Waals surface area contributed by atoms with E-state index in [4.69, 9.17) is 0 Å². The lowest BCUT2D eigenvalue weighted by atomic mass is 10.1. The molecule has 0 amide bonds. The molecule has 2 aromatic rings. The molecule has 1 aromatic heterocycles. The summed E-state index contributed by atoms with van der Waals surface area (Å²) >= 11 is 6.41. The predicted molar refractivity (Wildman–Crippen MR) is 65.0 cm³/mol. The summed E-state index contributed by atoms with van der Waals surface area (Å²) in [5, 5.41) is 0. The molecule has 0 aliphatic rings. The van der Waals surface area contributed by atoms with Gasteiger partial charge in [-0.15, -0.1) is 0 Å². The first-order valence-corrected chi connectivity index (χ1v) is 5.83. The summed E-state index contributed by atoms with van der Waals surface area (Å²) in [6, 6.07) is 11.0. The van der Waals surface area contributed by atoms with Crippen LogP contribution in [-0.2, 0) is 0 Å². The maximum Gasteiger partial charge on any atom is 0.227 e. The van der Waals surface area contributed by atoms with Gasteiger partial charge in [0.05, 0.1) is 10.2 Å². The molecule has 1 nitrogen and oxygen atoms in total. The highest BCUT2D eigenvalue weighted by atomic mass is 79.9. The van der Waals surface area contributed by atoms with Gasteiger partial charge in [-0.05, 0) is 40.2 Å².